The van der Waals surface area contributed by atoms with Crippen LogP contribution in [0, 0.1) is 0 Å². The van der Waals surface area contributed by atoms with Gasteiger partial charge in [-0.2, -0.15) is 0 Å². The highest BCUT2D eigenvalue weighted by Crippen LogP contribution is 2.34. The van der Waals surface area contributed by atoms with Crippen LogP contribution < -0.4 is 10.1 Å². The van der Waals surface area contributed by atoms with E-state index in [0.29, 0.717) is 0 Å². The molecule has 0 aliphatic rings. The van der Waals surface area contributed by atoms with Gasteiger partial charge in [0, 0.05) is 12.1 Å². The fraction of sp³-hybridized carbons (Fsp3) is 0.207. The molecule has 34 heavy (non-hydrogen) atoms. The maximum Gasteiger partial charge on any atom is 0.336 e. The zero-order valence-corrected chi connectivity index (χ0v) is 19.5. The third-order valence-corrected chi connectivity index (χ3v) is 6.27. The predicted molar refractivity (Wildman–Crippen MR) is 134 cm³/mol. The second-order valence-electron chi connectivity index (χ2n) is 8.49. The molecule has 174 valence electrons. The number of hydrogen-bond donors (Lipinski definition) is 2. The number of carboxylic acids is 1. The molecule has 2 N–H and O–H groups in total. The maximum atomic E-state index is 13.3. The third kappa shape index (κ3) is 4.80. The van der Waals surface area contributed by atoms with E-state index in [1.165, 1.54) is 0 Å². The average Bonchev–Trinajstić information content (AvgIpc) is 2.87. The molecule has 4 aromatic rings. The molecule has 5 heteroatoms. The third-order valence-electron chi connectivity index (χ3n) is 6.27. The molecule has 0 bridgehead atoms. The fourth-order valence-corrected chi connectivity index (χ4v) is 4.36. The van der Waals surface area contributed by atoms with E-state index in [0.717, 1.165) is 38.8 Å². The van der Waals surface area contributed by atoms with E-state index in [1.54, 1.807) is 25.3 Å². The van der Waals surface area contributed by atoms with Crippen LogP contribution in [0.25, 0.3) is 21.9 Å². The second kappa shape index (κ2) is 10.1. The van der Waals surface area contributed by atoms with E-state index in [-0.39, 0.29) is 23.2 Å². The van der Waals surface area contributed by atoms with Gasteiger partial charge in [-0.15, -0.1) is 0 Å². The largest absolute Gasteiger partial charge is 0.497 e. The summed E-state index contributed by atoms with van der Waals surface area (Å²) in [4.78, 5) is 11.7. The molecule has 2 atom stereocenters. The number of methoxy groups -OCH3 is 1. The Labute approximate surface area is 199 Å². The molecule has 0 heterocycles. The summed E-state index contributed by atoms with van der Waals surface area (Å²) in [6.45, 7) is 3.41. The zero-order chi connectivity index (χ0) is 24.2. The van der Waals surface area contributed by atoms with Crippen LogP contribution in [-0.4, -0.2) is 18.2 Å². The first kappa shape index (κ1) is 23.5. The molecule has 1 unspecified atom stereocenters. The summed E-state index contributed by atoms with van der Waals surface area (Å²) in [5.41, 5.74) is 4.05. The SMILES string of the molecule is COc1cccc([C@@H](C)NC(C)c2cc(-c3ccc(CF)c(C(=O)O)c3)c3ccccc3c2)c1. The Morgan fingerprint density at radius 1 is 0.941 bits per heavy atom. The molecule has 0 saturated carbocycles. The van der Waals surface area contributed by atoms with E-state index >= 15 is 0 Å². The Morgan fingerprint density at radius 2 is 1.71 bits per heavy atom. The zero-order valence-electron chi connectivity index (χ0n) is 19.5. The first-order valence-corrected chi connectivity index (χ1v) is 11.3. The molecule has 0 aliphatic heterocycles. The van der Waals surface area contributed by atoms with Gasteiger partial charge in [-0.05, 0) is 82.8 Å². The molecule has 4 aromatic carbocycles. The van der Waals surface area contributed by atoms with Gasteiger partial charge in [-0.1, -0.05) is 48.5 Å². The van der Waals surface area contributed by atoms with Crippen molar-refractivity contribution in [3.8, 4) is 16.9 Å². The van der Waals surface area contributed by atoms with Crippen molar-refractivity contribution >= 4 is 16.7 Å². The van der Waals surface area contributed by atoms with Crippen LogP contribution in [0.1, 0.15) is 53.0 Å². The lowest BCUT2D eigenvalue weighted by atomic mass is 9.91. The molecule has 4 nitrogen and oxygen atoms in total. The van der Waals surface area contributed by atoms with Crippen molar-refractivity contribution in [1.29, 1.82) is 0 Å². The van der Waals surface area contributed by atoms with Crippen molar-refractivity contribution in [2.45, 2.75) is 32.6 Å². The average molecular weight is 458 g/mol. The minimum atomic E-state index is -1.13. The normalized spacial score (nSPS) is 12.9. The highest BCUT2D eigenvalue weighted by atomic mass is 19.1. The number of halogens is 1. The smallest absolute Gasteiger partial charge is 0.336 e. The van der Waals surface area contributed by atoms with Crippen LogP contribution in [0.5, 0.6) is 5.75 Å². The number of carbonyl (C=O) groups is 1. The fourth-order valence-electron chi connectivity index (χ4n) is 4.36. The van der Waals surface area contributed by atoms with Crippen LogP contribution in [0.4, 0.5) is 4.39 Å². The van der Waals surface area contributed by atoms with Crippen LogP contribution >= 0.6 is 0 Å². The van der Waals surface area contributed by atoms with Gasteiger partial charge in [0.25, 0.3) is 0 Å². The Hall–Kier alpha value is -3.70. The Balaban J connectivity index is 1.74. The monoisotopic (exact) mass is 457 g/mol. The number of aromatic carboxylic acids is 1. The molecule has 4 rings (SSSR count). The first-order valence-electron chi connectivity index (χ1n) is 11.3. The van der Waals surface area contributed by atoms with E-state index in [1.807, 2.05) is 36.4 Å². The lowest BCUT2D eigenvalue weighted by molar-refractivity contribution is 0.0695. The minimum absolute atomic E-state index is 0.00713. The second-order valence-corrected chi connectivity index (χ2v) is 8.49. The molecular formula is C29H28FNO3. The van der Waals surface area contributed by atoms with Gasteiger partial charge in [-0.25, -0.2) is 9.18 Å². The molecule has 0 saturated heterocycles. The van der Waals surface area contributed by atoms with Crippen molar-refractivity contribution in [3.63, 3.8) is 0 Å². The molecule has 0 aliphatic carbocycles. The number of alkyl halides is 1. The van der Waals surface area contributed by atoms with Gasteiger partial charge in [0.1, 0.15) is 12.4 Å². The van der Waals surface area contributed by atoms with E-state index in [4.69, 9.17) is 4.74 Å². The number of benzene rings is 4. The molecule has 0 spiro atoms. The Morgan fingerprint density at radius 3 is 2.44 bits per heavy atom. The van der Waals surface area contributed by atoms with Crippen molar-refractivity contribution < 1.29 is 19.0 Å². The molecular weight excluding hydrogens is 429 g/mol. The number of ether oxygens (including phenoxy) is 1. The summed E-state index contributed by atoms with van der Waals surface area (Å²) in [6.07, 6.45) is 0. The summed E-state index contributed by atoms with van der Waals surface area (Å²) >= 11 is 0. The molecule has 0 amide bonds. The van der Waals surface area contributed by atoms with E-state index in [9.17, 15) is 14.3 Å². The maximum absolute atomic E-state index is 13.3. The lowest BCUT2D eigenvalue weighted by Gasteiger charge is -2.22. The van der Waals surface area contributed by atoms with E-state index in [2.05, 4.69) is 43.4 Å². The van der Waals surface area contributed by atoms with Gasteiger partial charge < -0.3 is 15.2 Å². The summed E-state index contributed by atoms with van der Waals surface area (Å²) < 4.78 is 18.7. The van der Waals surface area contributed by atoms with Gasteiger partial charge in [0.05, 0.1) is 12.7 Å². The molecule has 0 aromatic heterocycles. The highest BCUT2D eigenvalue weighted by Gasteiger charge is 2.17. The number of nitrogens with one attached hydrogen (secondary N) is 1. The minimum Gasteiger partial charge on any atom is -0.497 e. The van der Waals surface area contributed by atoms with Crippen molar-refractivity contribution in [3.05, 3.63) is 101 Å². The number of fused-ring (bicyclic) bond motifs is 1. The highest BCUT2D eigenvalue weighted by molar-refractivity contribution is 5.99. The Kier molecular flexibility index (Phi) is 6.94. The van der Waals surface area contributed by atoms with Crippen LogP contribution in [0.3, 0.4) is 0 Å². The quantitative estimate of drug-likeness (QED) is 0.296. The van der Waals surface area contributed by atoms with Gasteiger partial charge in [-0.3, -0.25) is 0 Å². The van der Waals surface area contributed by atoms with E-state index < -0.39 is 12.6 Å². The van der Waals surface area contributed by atoms with Crippen LogP contribution in [0.15, 0.2) is 78.9 Å². The number of hydrogen-bond acceptors (Lipinski definition) is 3. The number of rotatable bonds is 8. The Bertz CT molecular complexity index is 1330. The summed E-state index contributed by atoms with van der Waals surface area (Å²) in [5.74, 6) is -0.310. The first-order chi connectivity index (χ1) is 16.4. The molecule has 0 radical (unpaired) electrons. The van der Waals surface area contributed by atoms with Crippen LogP contribution in [-0.2, 0) is 6.67 Å². The van der Waals surface area contributed by atoms with Gasteiger partial charge in [0.15, 0.2) is 0 Å². The van der Waals surface area contributed by atoms with Gasteiger partial charge in [0.2, 0.25) is 0 Å². The topological polar surface area (TPSA) is 58.6 Å². The van der Waals surface area contributed by atoms with Gasteiger partial charge >= 0.3 is 5.97 Å². The predicted octanol–water partition coefficient (Wildman–Crippen LogP) is 7.09. The van der Waals surface area contributed by atoms with Crippen LogP contribution in [0.2, 0.25) is 0 Å². The van der Waals surface area contributed by atoms with Crippen molar-refractivity contribution in [1.82, 2.24) is 5.32 Å². The van der Waals surface area contributed by atoms with Crippen molar-refractivity contribution in [2.75, 3.05) is 7.11 Å². The standard InChI is InChI=1S/C29H28FNO3/c1-18(20-8-6-9-25(14-20)34-3)31-19(2)24-13-21-7-4-5-10-26(21)27(16-24)22-11-12-23(17-30)28(15-22)29(32)33/h4-16,18-19,31H,17H2,1-3H3,(H,32,33)/t18-,19?/m1/s1. The summed E-state index contributed by atoms with van der Waals surface area (Å²) in [7, 11) is 1.66. The lowest BCUT2D eigenvalue weighted by Crippen LogP contribution is -2.22. The molecule has 0 fully saturated rings. The summed E-state index contributed by atoms with van der Waals surface area (Å²) in [5, 5.41) is 15.3. The number of carboxylic acid groups (broad SMARTS) is 1. The van der Waals surface area contributed by atoms with Crippen molar-refractivity contribution in [2.24, 2.45) is 0 Å². The summed E-state index contributed by atoms with van der Waals surface area (Å²) in [6, 6.07) is 25.3.